The van der Waals surface area contributed by atoms with Crippen molar-refractivity contribution in [2.45, 2.75) is 64.5 Å². The van der Waals surface area contributed by atoms with Gasteiger partial charge in [0.1, 0.15) is 6.17 Å². The van der Waals surface area contributed by atoms with Crippen molar-refractivity contribution in [3.63, 3.8) is 0 Å². The molecule has 2 atom stereocenters. The SMILES string of the molecule is CC#N.CCN(CCCc1ccc(C2CCCC2F)cc1)CCc1ccccc1. The van der Waals surface area contributed by atoms with Crippen molar-refractivity contribution < 1.29 is 4.39 Å². The summed E-state index contributed by atoms with van der Waals surface area (Å²) in [5, 5.41) is 7.32. The summed E-state index contributed by atoms with van der Waals surface area (Å²) in [5.41, 5.74) is 3.98. The molecule has 156 valence electrons. The largest absolute Gasteiger partial charge is 0.303 e. The molecule has 0 bridgehead atoms. The van der Waals surface area contributed by atoms with E-state index in [1.807, 2.05) is 0 Å². The predicted octanol–water partition coefficient (Wildman–Crippen LogP) is 6.32. The lowest BCUT2D eigenvalue weighted by molar-refractivity contribution is 0.288. The van der Waals surface area contributed by atoms with Crippen molar-refractivity contribution in [2.24, 2.45) is 0 Å². The molecular weight excluding hydrogens is 359 g/mol. The first-order chi connectivity index (χ1) is 14.2. The molecule has 1 aliphatic carbocycles. The monoisotopic (exact) mass is 394 g/mol. The molecule has 0 heterocycles. The molecule has 29 heavy (non-hydrogen) atoms. The smallest absolute Gasteiger partial charge is 0.107 e. The Morgan fingerprint density at radius 1 is 0.966 bits per heavy atom. The first-order valence-corrected chi connectivity index (χ1v) is 11.0. The van der Waals surface area contributed by atoms with E-state index < -0.39 is 6.17 Å². The molecule has 0 N–H and O–H groups in total. The fourth-order valence-corrected chi connectivity index (χ4v) is 4.09. The van der Waals surface area contributed by atoms with Crippen LogP contribution in [0.5, 0.6) is 0 Å². The average molecular weight is 395 g/mol. The molecule has 1 saturated carbocycles. The van der Waals surface area contributed by atoms with Crippen LogP contribution < -0.4 is 0 Å². The van der Waals surface area contributed by atoms with Crippen LogP contribution in [0, 0.1) is 11.3 Å². The number of likely N-dealkylation sites (N-methyl/N-ethyl adjacent to an activating group) is 1. The summed E-state index contributed by atoms with van der Waals surface area (Å²) in [5.74, 6) is 0.137. The van der Waals surface area contributed by atoms with Crippen molar-refractivity contribution in [1.82, 2.24) is 4.90 Å². The van der Waals surface area contributed by atoms with Gasteiger partial charge in [0.05, 0.1) is 6.07 Å². The molecular formula is C26H35FN2. The molecule has 2 aromatic rings. The number of benzene rings is 2. The van der Waals surface area contributed by atoms with Crippen LogP contribution >= 0.6 is 0 Å². The van der Waals surface area contributed by atoms with Crippen LogP contribution in [-0.2, 0) is 12.8 Å². The number of nitrogens with zero attached hydrogens (tertiary/aromatic N) is 2. The third-order valence-corrected chi connectivity index (χ3v) is 5.79. The van der Waals surface area contributed by atoms with Crippen molar-refractivity contribution >= 4 is 0 Å². The van der Waals surface area contributed by atoms with Crippen molar-refractivity contribution in [1.29, 1.82) is 5.26 Å². The van der Waals surface area contributed by atoms with Gasteiger partial charge in [-0.15, -0.1) is 0 Å². The minimum Gasteiger partial charge on any atom is -0.303 e. The summed E-state index contributed by atoms with van der Waals surface area (Å²) in [6.45, 7) is 7.04. The molecule has 2 nitrogen and oxygen atoms in total. The Morgan fingerprint density at radius 2 is 1.62 bits per heavy atom. The van der Waals surface area contributed by atoms with Crippen molar-refractivity contribution in [3.8, 4) is 6.07 Å². The van der Waals surface area contributed by atoms with Crippen molar-refractivity contribution in [2.75, 3.05) is 19.6 Å². The second-order valence-corrected chi connectivity index (χ2v) is 7.79. The van der Waals surface area contributed by atoms with Crippen LogP contribution in [0.1, 0.15) is 62.1 Å². The maximum absolute atomic E-state index is 13.9. The van der Waals surface area contributed by atoms with Gasteiger partial charge in [0.25, 0.3) is 0 Å². The Morgan fingerprint density at radius 3 is 2.21 bits per heavy atom. The minimum atomic E-state index is -0.636. The van der Waals surface area contributed by atoms with E-state index in [0.29, 0.717) is 0 Å². The Kier molecular flexibility index (Phi) is 10.5. The van der Waals surface area contributed by atoms with Gasteiger partial charge in [-0.05, 0) is 68.3 Å². The van der Waals surface area contributed by atoms with Gasteiger partial charge < -0.3 is 4.90 Å². The average Bonchev–Trinajstić information content (AvgIpc) is 3.18. The fraction of sp³-hybridized carbons (Fsp3) is 0.500. The van der Waals surface area contributed by atoms with E-state index in [-0.39, 0.29) is 5.92 Å². The first-order valence-electron chi connectivity index (χ1n) is 11.0. The van der Waals surface area contributed by atoms with Gasteiger partial charge in [0.15, 0.2) is 0 Å². The topological polar surface area (TPSA) is 27.0 Å². The van der Waals surface area contributed by atoms with E-state index in [2.05, 4.69) is 66.4 Å². The fourth-order valence-electron chi connectivity index (χ4n) is 4.09. The number of hydrogen-bond donors (Lipinski definition) is 0. The zero-order valence-corrected chi connectivity index (χ0v) is 18.0. The molecule has 3 heteroatoms. The highest BCUT2D eigenvalue weighted by atomic mass is 19.1. The Bertz CT molecular complexity index is 721. The Hall–Kier alpha value is -2.18. The van der Waals surface area contributed by atoms with E-state index >= 15 is 0 Å². The Labute approximate surface area is 176 Å². The van der Waals surface area contributed by atoms with Crippen LogP contribution in [0.2, 0.25) is 0 Å². The number of halogens is 1. The second kappa shape index (κ2) is 13.1. The van der Waals surface area contributed by atoms with E-state index in [1.54, 1.807) is 6.07 Å². The van der Waals surface area contributed by atoms with Crippen LogP contribution in [0.25, 0.3) is 0 Å². The predicted molar refractivity (Wildman–Crippen MR) is 120 cm³/mol. The van der Waals surface area contributed by atoms with Gasteiger partial charge in [-0.25, -0.2) is 4.39 Å². The maximum atomic E-state index is 13.9. The van der Waals surface area contributed by atoms with Gasteiger partial charge in [-0.1, -0.05) is 61.5 Å². The molecule has 1 fully saturated rings. The molecule has 2 unspecified atom stereocenters. The normalized spacial score (nSPS) is 18.2. The third kappa shape index (κ3) is 7.99. The quantitative estimate of drug-likeness (QED) is 0.497. The summed E-state index contributed by atoms with van der Waals surface area (Å²) in [7, 11) is 0. The number of aryl methyl sites for hydroxylation is 1. The standard InChI is InChI=1S/C24H32FN.C2H3N/c1-2-26(19-17-20-8-4-3-5-9-20)18-7-10-21-13-15-22(16-14-21)23-11-6-12-24(23)25;1-2-3/h3-5,8-9,13-16,23-24H,2,6-7,10-12,17-19H2,1H3;1H3. The molecule has 1 aliphatic rings. The number of nitriles is 1. The molecule has 2 aromatic carbocycles. The summed E-state index contributed by atoms with van der Waals surface area (Å²) in [6, 6.07) is 21.2. The van der Waals surface area contributed by atoms with Gasteiger partial charge in [0, 0.05) is 19.4 Å². The van der Waals surface area contributed by atoms with Crippen LogP contribution in [0.4, 0.5) is 4.39 Å². The highest BCUT2D eigenvalue weighted by Crippen LogP contribution is 2.36. The summed E-state index contributed by atoms with van der Waals surface area (Å²) in [4.78, 5) is 2.54. The number of rotatable bonds is 9. The number of alkyl halides is 1. The van der Waals surface area contributed by atoms with Crippen molar-refractivity contribution in [3.05, 3.63) is 71.3 Å². The molecule has 0 amide bonds. The van der Waals surface area contributed by atoms with Crippen LogP contribution in [0.15, 0.2) is 54.6 Å². The third-order valence-electron chi connectivity index (χ3n) is 5.79. The van der Waals surface area contributed by atoms with Gasteiger partial charge in [-0.2, -0.15) is 5.26 Å². The highest BCUT2D eigenvalue weighted by Gasteiger charge is 2.27. The van der Waals surface area contributed by atoms with E-state index in [9.17, 15) is 4.39 Å². The van der Waals surface area contributed by atoms with E-state index in [4.69, 9.17) is 5.26 Å². The van der Waals surface area contributed by atoms with Gasteiger partial charge in [-0.3, -0.25) is 0 Å². The lowest BCUT2D eigenvalue weighted by atomic mass is 9.95. The van der Waals surface area contributed by atoms with E-state index in [1.165, 1.54) is 30.0 Å². The van der Waals surface area contributed by atoms with Crippen LogP contribution in [0.3, 0.4) is 0 Å². The second-order valence-electron chi connectivity index (χ2n) is 7.79. The van der Waals surface area contributed by atoms with Gasteiger partial charge >= 0.3 is 0 Å². The van der Waals surface area contributed by atoms with Gasteiger partial charge in [0.2, 0.25) is 0 Å². The molecule has 0 saturated heterocycles. The molecule has 0 spiro atoms. The van der Waals surface area contributed by atoms with E-state index in [0.717, 1.165) is 51.7 Å². The maximum Gasteiger partial charge on any atom is 0.107 e. The molecule has 3 rings (SSSR count). The minimum absolute atomic E-state index is 0.137. The molecule has 0 aromatic heterocycles. The highest BCUT2D eigenvalue weighted by molar-refractivity contribution is 5.27. The Balaban J connectivity index is 0.000000941. The lowest BCUT2D eigenvalue weighted by Crippen LogP contribution is -2.27. The van der Waals surface area contributed by atoms with Crippen LogP contribution in [-0.4, -0.2) is 30.7 Å². The first kappa shape index (κ1) is 23.1. The molecule has 0 radical (unpaired) electrons. The zero-order valence-electron chi connectivity index (χ0n) is 18.0. The summed E-state index contributed by atoms with van der Waals surface area (Å²) < 4.78 is 13.9. The lowest BCUT2D eigenvalue weighted by Gasteiger charge is -2.20. The summed E-state index contributed by atoms with van der Waals surface area (Å²) >= 11 is 0. The molecule has 0 aliphatic heterocycles. The number of hydrogen-bond acceptors (Lipinski definition) is 2. The summed E-state index contributed by atoms with van der Waals surface area (Å²) in [6.07, 6.45) is 5.54. The zero-order chi connectivity index (χ0) is 20.9.